The Balaban J connectivity index is 2.04. The number of anilines is 1. The summed E-state index contributed by atoms with van der Waals surface area (Å²) in [4.78, 5) is 50.0. The molecule has 2 rings (SSSR count). The smallest absolute Gasteiger partial charge is 0.355 e. The molecule has 2 N–H and O–H groups in total. The number of amides is 1. The average Bonchev–Trinajstić information content (AvgIpc) is 2.93. The van der Waals surface area contributed by atoms with Gasteiger partial charge in [-0.2, -0.15) is 0 Å². The number of carbonyl (C=O) groups is 4. The largest absolute Gasteiger partial charge is 0.465 e. The van der Waals surface area contributed by atoms with Crippen LogP contribution in [0.2, 0.25) is 0 Å². The number of carbonyl (C=O) groups excluding carboxylic acids is 4. The quantitative estimate of drug-likeness (QED) is 0.594. The number of hydrogen-bond acceptors (Lipinski definition) is 6. The van der Waals surface area contributed by atoms with Gasteiger partial charge in [0.2, 0.25) is 5.91 Å². The van der Waals surface area contributed by atoms with E-state index in [9.17, 15) is 19.2 Å². The van der Waals surface area contributed by atoms with Gasteiger partial charge in [0, 0.05) is 23.9 Å². The highest BCUT2D eigenvalue weighted by molar-refractivity contribution is 6.01. The molecule has 27 heavy (non-hydrogen) atoms. The number of aryl methyl sites for hydroxylation is 1. The first kappa shape index (κ1) is 19.9. The Morgan fingerprint density at radius 2 is 1.67 bits per heavy atom. The first-order chi connectivity index (χ1) is 12.7. The summed E-state index contributed by atoms with van der Waals surface area (Å²) in [5.74, 6) is -1.91. The van der Waals surface area contributed by atoms with E-state index in [2.05, 4.69) is 15.0 Å². The summed E-state index contributed by atoms with van der Waals surface area (Å²) in [6.07, 6.45) is 0. The molecule has 0 spiro atoms. The van der Waals surface area contributed by atoms with E-state index in [1.54, 1.807) is 26.0 Å². The fraction of sp³-hybridized carbons (Fsp3) is 0.263. The molecule has 142 valence electrons. The predicted octanol–water partition coefficient (Wildman–Crippen LogP) is 2.42. The molecule has 2 aromatic rings. The van der Waals surface area contributed by atoms with Crippen LogP contribution in [0.25, 0.3) is 0 Å². The van der Waals surface area contributed by atoms with Crippen molar-refractivity contribution in [2.24, 2.45) is 0 Å². The predicted molar refractivity (Wildman–Crippen MR) is 97.0 cm³/mol. The maximum Gasteiger partial charge on any atom is 0.355 e. The summed E-state index contributed by atoms with van der Waals surface area (Å²) < 4.78 is 9.75. The number of H-pyrrole nitrogens is 1. The standard InChI is InChI=1S/C19H20N2O6/c1-10-16(18(24)26-4)11(2)20-17(10)19(25)27-9-15(23)13-5-7-14(8-6-13)21-12(3)22/h5-8,20H,9H2,1-4H3,(H,21,22). The van der Waals surface area contributed by atoms with Crippen molar-refractivity contribution >= 4 is 29.3 Å². The Morgan fingerprint density at radius 3 is 2.22 bits per heavy atom. The Morgan fingerprint density at radius 1 is 1.04 bits per heavy atom. The third kappa shape index (κ3) is 4.60. The van der Waals surface area contributed by atoms with E-state index in [0.29, 0.717) is 22.5 Å². The number of benzene rings is 1. The maximum absolute atomic E-state index is 12.2. The van der Waals surface area contributed by atoms with Crippen LogP contribution >= 0.6 is 0 Å². The summed E-state index contributed by atoms with van der Waals surface area (Å²) in [5.41, 5.74) is 2.14. The monoisotopic (exact) mass is 372 g/mol. The lowest BCUT2D eigenvalue weighted by atomic mass is 10.1. The SMILES string of the molecule is COC(=O)c1c(C)[nH]c(C(=O)OCC(=O)c2ccc(NC(C)=O)cc2)c1C. The van der Waals surface area contributed by atoms with Crippen LogP contribution in [0.5, 0.6) is 0 Å². The number of methoxy groups -OCH3 is 1. The molecule has 0 aliphatic heterocycles. The third-order valence-electron chi connectivity index (χ3n) is 3.89. The first-order valence-electron chi connectivity index (χ1n) is 8.10. The van der Waals surface area contributed by atoms with Gasteiger partial charge in [-0.05, 0) is 43.7 Å². The van der Waals surface area contributed by atoms with Crippen molar-refractivity contribution in [3.63, 3.8) is 0 Å². The van der Waals surface area contributed by atoms with Gasteiger partial charge in [0.1, 0.15) is 5.69 Å². The lowest BCUT2D eigenvalue weighted by molar-refractivity contribution is -0.114. The van der Waals surface area contributed by atoms with Crippen LogP contribution in [0.1, 0.15) is 49.4 Å². The molecule has 0 saturated heterocycles. The summed E-state index contributed by atoms with van der Waals surface area (Å²) in [7, 11) is 1.25. The molecule has 0 saturated carbocycles. The number of rotatable bonds is 6. The molecule has 0 unspecified atom stereocenters. The molecular weight excluding hydrogens is 352 g/mol. The van der Waals surface area contributed by atoms with Gasteiger partial charge in [-0.1, -0.05) is 0 Å². The van der Waals surface area contributed by atoms with E-state index in [1.165, 1.54) is 26.2 Å². The van der Waals surface area contributed by atoms with Gasteiger partial charge >= 0.3 is 11.9 Å². The number of aromatic nitrogens is 1. The second kappa shape index (κ2) is 8.31. The fourth-order valence-electron chi connectivity index (χ4n) is 2.59. The van der Waals surface area contributed by atoms with Gasteiger partial charge < -0.3 is 19.8 Å². The minimum absolute atomic E-state index is 0.0988. The highest BCUT2D eigenvalue weighted by Gasteiger charge is 2.24. The summed E-state index contributed by atoms with van der Waals surface area (Å²) in [6, 6.07) is 6.22. The number of Topliss-reactive ketones (excluding diaryl/α,β-unsaturated/α-hetero) is 1. The maximum atomic E-state index is 12.2. The molecule has 0 fully saturated rings. The molecule has 0 aliphatic rings. The Labute approximate surface area is 155 Å². The Kier molecular flexibility index (Phi) is 6.12. The number of hydrogen-bond donors (Lipinski definition) is 2. The molecule has 1 amide bonds. The number of aromatic amines is 1. The van der Waals surface area contributed by atoms with E-state index < -0.39 is 24.3 Å². The van der Waals surface area contributed by atoms with E-state index in [-0.39, 0.29) is 17.2 Å². The van der Waals surface area contributed by atoms with Gasteiger partial charge in [0.15, 0.2) is 12.4 Å². The molecule has 0 bridgehead atoms. The summed E-state index contributed by atoms with van der Waals surface area (Å²) in [6.45, 7) is 4.16. The zero-order valence-electron chi connectivity index (χ0n) is 15.5. The minimum atomic E-state index is -0.742. The van der Waals surface area contributed by atoms with Crippen LogP contribution in [0, 0.1) is 13.8 Å². The van der Waals surface area contributed by atoms with Gasteiger partial charge in [-0.25, -0.2) is 9.59 Å². The van der Waals surface area contributed by atoms with Crippen LogP contribution in [-0.2, 0) is 14.3 Å². The van der Waals surface area contributed by atoms with Gasteiger partial charge in [0.05, 0.1) is 12.7 Å². The second-order valence-electron chi connectivity index (χ2n) is 5.87. The molecule has 1 aromatic heterocycles. The van der Waals surface area contributed by atoms with E-state index >= 15 is 0 Å². The number of esters is 2. The van der Waals surface area contributed by atoms with Crippen molar-refractivity contribution in [2.45, 2.75) is 20.8 Å². The summed E-state index contributed by atoms with van der Waals surface area (Å²) >= 11 is 0. The lowest BCUT2D eigenvalue weighted by Gasteiger charge is -2.06. The minimum Gasteiger partial charge on any atom is -0.465 e. The topological polar surface area (TPSA) is 115 Å². The normalized spacial score (nSPS) is 10.2. The highest BCUT2D eigenvalue weighted by Crippen LogP contribution is 2.19. The van der Waals surface area contributed by atoms with Crippen LogP contribution in [0.15, 0.2) is 24.3 Å². The number of nitrogens with one attached hydrogen (secondary N) is 2. The van der Waals surface area contributed by atoms with E-state index in [4.69, 9.17) is 4.74 Å². The van der Waals surface area contributed by atoms with E-state index in [1.807, 2.05) is 0 Å². The van der Waals surface area contributed by atoms with Crippen LogP contribution in [0.3, 0.4) is 0 Å². The molecule has 8 heteroatoms. The van der Waals surface area contributed by atoms with Gasteiger partial charge in [0.25, 0.3) is 0 Å². The van der Waals surface area contributed by atoms with Gasteiger partial charge in [-0.15, -0.1) is 0 Å². The van der Waals surface area contributed by atoms with Crippen molar-refractivity contribution in [2.75, 3.05) is 19.0 Å². The van der Waals surface area contributed by atoms with E-state index in [0.717, 1.165) is 0 Å². The fourth-order valence-corrected chi connectivity index (χ4v) is 2.59. The molecule has 0 radical (unpaired) electrons. The van der Waals surface area contributed by atoms with Crippen molar-refractivity contribution in [3.8, 4) is 0 Å². The number of ketones is 1. The van der Waals surface area contributed by atoms with Crippen LogP contribution in [-0.4, -0.2) is 42.3 Å². The molecule has 0 aliphatic carbocycles. The Hall–Kier alpha value is -3.42. The van der Waals surface area contributed by atoms with Crippen molar-refractivity contribution < 1.29 is 28.7 Å². The second-order valence-corrected chi connectivity index (χ2v) is 5.87. The third-order valence-corrected chi connectivity index (χ3v) is 3.89. The average molecular weight is 372 g/mol. The Bertz CT molecular complexity index is 896. The molecule has 0 atom stereocenters. The molecule has 1 aromatic carbocycles. The highest BCUT2D eigenvalue weighted by atomic mass is 16.5. The first-order valence-corrected chi connectivity index (χ1v) is 8.10. The molecule has 1 heterocycles. The van der Waals surface area contributed by atoms with Crippen molar-refractivity contribution in [3.05, 3.63) is 52.3 Å². The molecule has 8 nitrogen and oxygen atoms in total. The number of ether oxygens (including phenoxy) is 2. The van der Waals surface area contributed by atoms with Crippen molar-refractivity contribution in [1.29, 1.82) is 0 Å². The zero-order chi connectivity index (χ0) is 20.1. The van der Waals surface area contributed by atoms with Crippen LogP contribution < -0.4 is 5.32 Å². The lowest BCUT2D eigenvalue weighted by Crippen LogP contribution is -2.15. The van der Waals surface area contributed by atoms with Crippen molar-refractivity contribution in [1.82, 2.24) is 4.98 Å². The zero-order valence-corrected chi connectivity index (χ0v) is 15.5. The summed E-state index contributed by atoms with van der Waals surface area (Å²) in [5, 5.41) is 2.59. The molecular formula is C19H20N2O6. The van der Waals surface area contributed by atoms with Crippen LogP contribution in [0.4, 0.5) is 5.69 Å². The van der Waals surface area contributed by atoms with Gasteiger partial charge in [-0.3, -0.25) is 9.59 Å².